The Kier molecular flexibility index (Phi) is 3.25. The minimum absolute atomic E-state index is 0.562. The number of aromatic nitrogens is 2. The minimum Gasteiger partial charge on any atom is -0.383 e. The molecule has 0 aliphatic carbocycles. The first kappa shape index (κ1) is 11.1. The van der Waals surface area contributed by atoms with E-state index in [1.807, 2.05) is 4.68 Å². The molecule has 0 spiro atoms. The molecular weight excluding hydrogens is 200 g/mol. The lowest BCUT2D eigenvalue weighted by molar-refractivity contribution is 0.184. The van der Waals surface area contributed by atoms with Gasteiger partial charge in [-0.05, 0) is 23.6 Å². The Morgan fingerprint density at radius 2 is 2.19 bits per heavy atom. The molecule has 3 nitrogen and oxygen atoms in total. The van der Waals surface area contributed by atoms with E-state index < -0.39 is 0 Å². The lowest BCUT2D eigenvalue weighted by Crippen LogP contribution is -2.03. The molecule has 0 radical (unpaired) electrons. The highest BCUT2D eigenvalue weighted by atomic mass is 16.5. The summed E-state index contributed by atoms with van der Waals surface area (Å²) < 4.78 is 6.99. The van der Waals surface area contributed by atoms with Crippen molar-refractivity contribution in [2.75, 3.05) is 13.7 Å². The average molecular weight is 218 g/mol. The lowest BCUT2D eigenvalue weighted by atomic mass is 10.0. The van der Waals surface area contributed by atoms with Gasteiger partial charge >= 0.3 is 0 Å². The number of fused-ring (bicyclic) bond motifs is 1. The molecule has 1 heterocycles. The van der Waals surface area contributed by atoms with Gasteiger partial charge in [0.15, 0.2) is 0 Å². The molecule has 0 atom stereocenters. The molecule has 0 N–H and O–H groups in total. The quantitative estimate of drug-likeness (QED) is 0.789. The monoisotopic (exact) mass is 218 g/mol. The first-order valence-corrected chi connectivity index (χ1v) is 5.67. The van der Waals surface area contributed by atoms with Gasteiger partial charge in [0.2, 0.25) is 0 Å². The van der Waals surface area contributed by atoms with Crippen LogP contribution in [0.4, 0.5) is 0 Å². The maximum Gasteiger partial charge on any atom is 0.0923 e. The summed E-state index contributed by atoms with van der Waals surface area (Å²) in [6, 6.07) is 6.46. The largest absolute Gasteiger partial charge is 0.383 e. The van der Waals surface area contributed by atoms with Crippen molar-refractivity contribution in [2.45, 2.75) is 26.3 Å². The summed E-state index contributed by atoms with van der Waals surface area (Å²) in [6.07, 6.45) is 2.08. The predicted molar refractivity (Wildman–Crippen MR) is 65.7 cm³/mol. The summed E-state index contributed by atoms with van der Waals surface area (Å²) in [5.74, 6) is 0.562. The van der Waals surface area contributed by atoms with E-state index in [1.165, 1.54) is 10.9 Å². The third-order valence-corrected chi connectivity index (χ3v) is 2.77. The second-order valence-corrected chi connectivity index (χ2v) is 4.36. The van der Waals surface area contributed by atoms with Gasteiger partial charge < -0.3 is 4.74 Å². The van der Waals surface area contributed by atoms with Crippen LogP contribution in [-0.4, -0.2) is 23.5 Å². The zero-order valence-corrected chi connectivity index (χ0v) is 10.1. The van der Waals surface area contributed by atoms with E-state index in [4.69, 9.17) is 4.74 Å². The summed E-state index contributed by atoms with van der Waals surface area (Å²) in [6.45, 7) is 5.92. The summed E-state index contributed by atoms with van der Waals surface area (Å²) in [7, 11) is 1.71. The van der Waals surface area contributed by atoms with E-state index in [2.05, 4.69) is 43.3 Å². The Hall–Kier alpha value is -1.35. The second-order valence-electron chi connectivity index (χ2n) is 4.36. The number of benzene rings is 1. The Bertz CT molecular complexity index is 474. The zero-order chi connectivity index (χ0) is 11.5. The fourth-order valence-electron chi connectivity index (χ4n) is 1.75. The highest BCUT2D eigenvalue weighted by Crippen LogP contribution is 2.20. The summed E-state index contributed by atoms with van der Waals surface area (Å²) in [5.41, 5.74) is 2.42. The standard InChI is InChI=1S/C13H18N2O/c1-10(2)11-4-5-13-12(8-11)9-15(14-13)6-7-16-3/h4-5,8-10H,6-7H2,1-3H3. The Morgan fingerprint density at radius 1 is 1.38 bits per heavy atom. The average Bonchev–Trinajstić information content (AvgIpc) is 2.67. The maximum absolute atomic E-state index is 5.04. The Labute approximate surface area is 96.0 Å². The van der Waals surface area contributed by atoms with Crippen LogP contribution < -0.4 is 0 Å². The highest BCUT2D eigenvalue weighted by molar-refractivity contribution is 5.78. The molecule has 86 valence electrons. The van der Waals surface area contributed by atoms with Gasteiger partial charge in [-0.25, -0.2) is 0 Å². The number of ether oxygens (including phenoxy) is 1. The SMILES string of the molecule is COCCn1cc2cc(C(C)C)ccc2n1. The molecule has 0 bridgehead atoms. The van der Waals surface area contributed by atoms with E-state index >= 15 is 0 Å². The molecule has 0 aliphatic rings. The van der Waals surface area contributed by atoms with Crippen LogP contribution in [0.2, 0.25) is 0 Å². The lowest BCUT2D eigenvalue weighted by Gasteiger charge is -2.03. The van der Waals surface area contributed by atoms with Gasteiger partial charge in [-0.1, -0.05) is 19.9 Å². The van der Waals surface area contributed by atoms with E-state index in [-0.39, 0.29) is 0 Å². The van der Waals surface area contributed by atoms with Crippen LogP contribution in [0.5, 0.6) is 0 Å². The zero-order valence-electron chi connectivity index (χ0n) is 10.1. The van der Waals surface area contributed by atoms with Crippen molar-refractivity contribution in [2.24, 2.45) is 0 Å². The third kappa shape index (κ3) is 2.25. The van der Waals surface area contributed by atoms with Gasteiger partial charge in [-0.15, -0.1) is 0 Å². The van der Waals surface area contributed by atoms with Gasteiger partial charge in [0.05, 0.1) is 18.7 Å². The fourth-order valence-corrected chi connectivity index (χ4v) is 1.75. The van der Waals surface area contributed by atoms with Gasteiger partial charge in [0.1, 0.15) is 0 Å². The van der Waals surface area contributed by atoms with Crippen LogP contribution in [0.25, 0.3) is 10.9 Å². The number of nitrogens with zero attached hydrogens (tertiary/aromatic N) is 2. The van der Waals surface area contributed by atoms with Crippen molar-refractivity contribution in [1.29, 1.82) is 0 Å². The van der Waals surface area contributed by atoms with Crippen molar-refractivity contribution < 1.29 is 4.74 Å². The van der Waals surface area contributed by atoms with Crippen molar-refractivity contribution in [3.63, 3.8) is 0 Å². The molecule has 0 fully saturated rings. The first-order valence-electron chi connectivity index (χ1n) is 5.67. The van der Waals surface area contributed by atoms with Crippen LogP contribution in [0.15, 0.2) is 24.4 Å². The van der Waals surface area contributed by atoms with E-state index in [0.717, 1.165) is 12.1 Å². The van der Waals surface area contributed by atoms with E-state index in [0.29, 0.717) is 12.5 Å². The predicted octanol–water partition coefficient (Wildman–Crippen LogP) is 2.81. The van der Waals surface area contributed by atoms with Crippen LogP contribution in [0.1, 0.15) is 25.3 Å². The molecule has 0 aliphatic heterocycles. The van der Waals surface area contributed by atoms with Crippen LogP contribution in [0.3, 0.4) is 0 Å². The number of hydrogen-bond donors (Lipinski definition) is 0. The second kappa shape index (κ2) is 4.66. The van der Waals surface area contributed by atoms with E-state index in [9.17, 15) is 0 Å². The van der Waals surface area contributed by atoms with Gasteiger partial charge in [0.25, 0.3) is 0 Å². The number of hydrogen-bond acceptors (Lipinski definition) is 2. The van der Waals surface area contributed by atoms with Crippen molar-refractivity contribution in [1.82, 2.24) is 9.78 Å². The molecule has 0 amide bonds. The van der Waals surface area contributed by atoms with Gasteiger partial charge in [-0.2, -0.15) is 5.10 Å². The minimum atomic E-state index is 0.562. The molecule has 0 saturated heterocycles. The summed E-state index contributed by atoms with van der Waals surface area (Å²) in [4.78, 5) is 0. The number of methoxy groups -OCH3 is 1. The van der Waals surface area contributed by atoms with Crippen molar-refractivity contribution >= 4 is 10.9 Å². The molecule has 2 aromatic rings. The molecule has 0 saturated carbocycles. The Morgan fingerprint density at radius 3 is 2.88 bits per heavy atom. The molecule has 0 unspecified atom stereocenters. The van der Waals surface area contributed by atoms with Crippen LogP contribution in [0, 0.1) is 0 Å². The molecule has 3 heteroatoms. The van der Waals surface area contributed by atoms with Crippen LogP contribution >= 0.6 is 0 Å². The topological polar surface area (TPSA) is 27.1 Å². The number of rotatable bonds is 4. The van der Waals surface area contributed by atoms with Gasteiger partial charge in [-0.3, -0.25) is 4.68 Å². The smallest absolute Gasteiger partial charge is 0.0923 e. The summed E-state index contributed by atoms with van der Waals surface area (Å²) >= 11 is 0. The molecule has 16 heavy (non-hydrogen) atoms. The summed E-state index contributed by atoms with van der Waals surface area (Å²) in [5, 5.41) is 5.70. The normalized spacial score (nSPS) is 11.5. The molecule has 1 aromatic carbocycles. The first-order chi connectivity index (χ1) is 7.70. The maximum atomic E-state index is 5.04. The molecule has 1 aromatic heterocycles. The van der Waals surface area contributed by atoms with Crippen molar-refractivity contribution in [3.8, 4) is 0 Å². The highest BCUT2D eigenvalue weighted by Gasteiger charge is 2.04. The van der Waals surface area contributed by atoms with Crippen molar-refractivity contribution in [3.05, 3.63) is 30.0 Å². The van der Waals surface area contributed by atoms with Gasteiger partial charge in [0, 0.05) is 18.7 Å². The van der Waals surface area contributed by atoms with Crippen LogP contribution in [-0.2, 0) is 11.3 Å². The Balaban J connectivity index is 2.30. The van der Waals surface area contributed by atoms with E-state index in [1.54, 1.807) is 7.11 Å². The molecular formula is C13H18N2O. The fraction of sp³-hybridized carbons (Fsp3) is 0.462. The molecule has 2 rings (SSSR count). The third-order valence-electron chi connectivity index (χ3n) is 2.77.